The van der Waals surface area contributed by atoms with Crippen molar-refractivity contribution in [3.05, 3.63) is 93.4 Å². The molecular formula is C28H28N4O4. The Balaban J connectivity index is 1.71. The Morgan fingerprint density at radius 2 is 1.67 bits per heavy atom. The quantitative estimate of drug-likeness (QED) is 0.278. The average Bonchev–Trinajstić information content (AvgIpc) is 3.12. The zero-order valence-electron chi connectivity index (χ0n) is 20.8. The summed E-state index contributed by atoms with van der Waals surface area (Å²) >= 11 is 0. The number of rotatable bonds is 5. The number of phenolic OH excluding ortho intramolecular Hbond substituents is 1. The lowest BCUT2D eigenvalue weighted by atomic mass is 9.87. The maximum atomic E-state index is 12.7. The Morgan fingerprint density at radius 1 is 0.972 bits per heavy atom. The lowest BCUT2D eigenvalue weighted by Crippen LogP contribution is -2.11. The Bertz CT molecular complexity index is 1540. The van der Waals surface area contributed by atoms with Gasteiger partial charge in [-0.2, -0.15) is 0 Å². The minimum absolute atomic E-state index is 0.0145. The Hall–Kier alpha value is -4.46. The van der Waals surface area contributed by atoms with Crippen LogP contribution in [0.5, 0.6) is 5.75 Å². The third-order valence-corrected chi connectivity index (χ3v) is 6.01. The maximum absolute atomic E-state index is 12.7. The van der Waals surface area contributed by atoms with Gasteiger partial charge in [0.25, 0.3) is 5.56 Å². The molecule has 0 aliphatic heterocycles. The number of carboxylic acids is 1. The number of hydrogen-bond donors (Lipinski definition) is 3. The predicted molar refractivity (Wildman–Crippen MR) is 139 cm³/mol. The summed E-state index contributed by atoms with van der Waals surface area (Å²) in [6, 6.07) is 17.6. The van der Waals surface area contributed by atoms with Crippen LogP contribution in [0.2, 0.25) is 0 Å². The van der Waals surface area contributed by atoms with E-state index in [1.807, 2.05) is 31.2 Å². The average molecular weight is 485 g/mol. The van der Waals surface area contributed by atoms with E-state index in [9.17, 15) is 19.8 Å². The molecule has 3 N–H and O–H groups in total. The van der Waals surface area contributed by atoms with Gasteiger partial charge in [-0.25, -0.2) is 4.79 Å². The molecule has 4 aromatic rings. The van der Waals surface area contributed by atoms with Crippen molar-refractivity contribution in [1.82, 2.24) is 9.78 Å². The van der Waals surface area contributed by atoms with Crippen LogP contribution in [0, 0.1) is 13.8 Å². The van der Waals surface area contributed by atoms with Gasteiger partial charge in [-0.1, -0.05) is 45.0 Å². The van der Waals surface area contributed by atoms with Crippen LogP contribution in [-0.4, -0.2) is 26.0 Å². The number of nitrogens with one attached hydrogen (secondary N) is 1. The number of carboxylic acid groups (broad SMARTS) is 1. The number of aryl methyl sites for hydroxylation is 1. The number of aromatic carboxylic acids is 1. The van der Waals surface area contributed by atoms with Crippen molar-refractivity contribution in [1.29, 1.82) is 0 Å². The van der Waals surface area contributed by atoms with Crippen LogP contribution in [0.25, 0.3) is 16.8 Å². The van der Waals surface area contributed by atoms with E-state index in [0.717, 1.165) is 11.3 Å². The molecule has 4 rings (SSSR count). The Morgan fingerprint density at radius 3 is 2.31 bits per heavy atom. The molecule has 0 fully saturated rings. The van der Waals surface area contributed by atoms with Crippen LogP contribution in [0.1, 0.15) is 48.0 Å². The second-order valence-electron chi connectivity index (χ2n) is 9.77. The van der Waals surface area contributed by atoms with Crippen molar-refractivity contribution in [2.45, 2.75) is 40.0 Å². The molecule has 0 atom stereocenters. The highest BCUT2D eigenvalue weighted by Gasteiger charge is 2.17. The van der Waals surface area contributed by atoms with Gasteiger partial charge < -0.3 is 10.2 Å². The summed E-state index contributed by atoms with van der Waals surface area (Å²) in [6.07, 6.45) is 0. The van der Waals surface area contributed by atoms with Crippen molar-refractivity contribution in [2.75, 3.05) is 0 Å². The summed E-state index contributed by atoms with van der Waals surface area (Å²) in [5.74, 6) is -1.21. The van der Waals surface area contributed by atoms with Crippen molar-refractivity contribution >= 4 is 17.3 Å². The highest BCUT2D eigenvalue weighted by atomic mass is 16.4. The first-order valence-electron chi connectivity index (χ1n) is 11.5. The molecule has 36 heavy (non-hydrogen) atoms. The van der Waals surface area contributed by atoms with Gasteiger partial charge in [-0.15, -0.1) is 10.2 Å². The van der Waals surface area contributed by atoms with E-state index in [-0.39, 0.29) is 28.1 Å². The highest BCUT2D eigenvalue weighted by molar-refractivity contribution is 5.90. The lowest BCUT2D eigenvalue weighted by molar-refractivity contribution is 0.0697. The fourth-order valence-electron chi connectivity index (χ4n) is 3.97. The monoisotopic (exact) mass is 484 g/mol. The van der Waals surface area contributed by atoms with Gasteiger partial charge in [-0.05, 0) is 72.4 Å². The number of aromatic amines is 1. The van der Waals surface area contributed by atoms with Crippen LogP contribution in [0.3, 0.4) is 0 Å². The molecule has 0 saturated heterocycles. The van der Waals surface area contributed by atoms with Gasteiger partial charge >= 0.3 is 5.97 Å². The zero-order valence-corrected chi connectivity index (χ0v) is 20.8. The molecule has 184 valence electrons. The first kappa shape index (κ1) is 24.7. The number of hydrogen-bond acceptors (Lipinski definition) is 5. The number of phenols is 1. The Kier molecular flexibility index (Phi) is 6.37. The number of H-pyrrole nitrogens is 1. The molecule has 8 nitrogen and oxygen atoms in total. The van der Waals surface area contributed by atoms with E-state index in [1.54, 1.807) is 35.9 Å². The number of aromatic hydroxyl groups is 1. The van der Waals surface area contributed by atoms with Crippen LogP contribution < -0.4 is 5.56 Å². The van der Waals surface area contributed by atoms with Gasteiger partial charge in [-0.3, -0.25) is 14.6 Å². The van der Waals surface area contributed by atoms with Crippen molar-refractivity contribution in [3.8, 4) is 22.6 Å². The highest BCUT2D eigenvalue weighted by Crippen LogP contribution is 2.39. The molecular weight excluding hydrogens is 456 g/mol. The summed E-state index contributed by atoms with van der Waals surface area (Å²) in [4.78, 5) is 24.0. The topological polar surface area (TPSA) is 120 Å². The van der Waals surface area contributed by atoms with Gasteiger partial charge in [0.1, 0.15) is 5.69 Å². The van der Waals surface area contributed by atoms with Gasteiger partial charge in [0, 0.05) is 5.56 Å². The smallest absolute Gasteiger partial charge is 0.335 e. The molecule has 0 radical (unpaired) electrons. The molecule has 0 aliphatic carbocycles. The minimum Gasteiger partial charge on any atom is -0.505 e. The molecule has 0 saturated carbocycles. The molecule has 1 aromatic heterocycles. The van der Waals surface area contributed by atoms with Gasteiger partial charge in [0.2, 0.25) is 0 Å². The van der Waals surface area contributed by atoms with Crippen LogP contribution in [0.15, 0.2) is 75.7 Å². The molecule has 0 amide bonds. The minimum atomic E-state index is -1.06. The largest absolute Gasteiger partial charge is 0.505 e. The maximum Gasteiger partial charge on any atom is 0.335 e. The zero-order chi connectivity index (χ0) is 26.2. The first-order valence-corrected chi connectivity index (χ1v) is 11.5. The van der Waals surface area contributed by atoms with Crippen molar-refractivity contribution in [2.24, 2.45) is 10.2 Å². The lowest BCUT2D eigenvalue weighted by Gasteiger charge is -2.19. The van der Waals surface area contributed by atoms with Gasteiger partial charge in [0.05, 0.1) is 16.9 Å². The van der Waals surface area contributed by atoms with E-state index in [0.29, 0.717) is 16.8 Å². The van der Waals surface area contributed by atoms with E-state index >= 15 is 0 Å². The summed E-state index contributed by atoms with van der Waals surface area (Å²) in [7, 11) is 0. The van der Waals surface area contributed by atoms with Gasteiger partial charge in [0.15, 0.2) is 11.4 Å². The number of benzene rings is 3. The molecule has 8 heteroatoms. The normalized spacial score (nSPS) is 11.8. The molecule has 0 unspecified atom stereocenters. The van der Waals surface area contributed by atoms with E-state index in [4.69, 9.17) is 0 Å². The number of aromatic nitrogens is 2. The van der Waals surface area contributed by atoms with Crippen molar-refractivity contribution in [3.63, 3.8) is 0 Å². The van der Waals surface area contributed by atoms with Crippen molar-refractivity contribution < 1.29 is 15.0 Å². The second-order valence-corrected chi connectivity index (χ2v) is 9.77. The predicted octanol–water partition coefficient (Wildman–Crippen LogP) is 6.57. The third-order valence-electron chi connectivity index (χ3n) is 6.01. The second kappa shape index (κ2) is 9.30. The molecule has 0 aliphatic rings. The molecule has 0 spiro atoms. The first-order chi connectivity index (χ1) is 17.0. The standard InChI is InChI=1S/C28H28N4O4/c1-16-13-22(18-7-6-8-19(15-18)27(35)36)25(33)23(14-16)29-30-24-17(2)32(31-26(24)34)21-11-9-20(10-12-21)28(3,4)5/h6-15,33H,1-5H3,(H,31,34)(H,35,36). The number of azo groups is 1. The fourth-order valence-corrected chi connectivity index (χ4v) is 3.97. The molecule has 1 heterocycles. The SMILES string of the molecule is Cc1cc(N=Nc2c(C)n(-c3ccc(C(C)(C)C)cc3)[nH]c2=O)c(O)c(-c2cccc(C(=O)O)c2)c1. The number of carbonyl (C=O) groups is 1. The number of nitrogens with zero attached hydrogens (tertiary/aromatic N) is 3. The van der Waals surface area contributed by atoms with E-state index in [1.165, 1.54) is 17.7 Å². The summed E-state index contributed by atoms with van der Waals surface area (Å²) < 4.78 is 1.65. The molecule has 0 bridgehead atoms. The summed E-state index contributed by atoms with van der Waals surface area (Å²) in [6.45, 7) is 10.0. The van der Waals surface area contributed by atoms with E-state index in [2.05, 4.69) is 36.1 Å². The summed E-state index contributed by atoms with van der Waals surface area (Å²) in [5, 5.41) is 31.3. The fraction of sp³-hybridized carbons (Fsp3) is 0.214. The Labute approximate surface area is 208 Å². The van der Waals surface area contributed by atoms with Crippen LogP contribution >= 0.6 is 0 Å². The molecule has 3 aromatic carbocycles. The van der Waals surface area contributed by atoms with Crippen LogP contribution in [0.4, 0.5) is 11.4 Å². The summed E-state index contributed by atoms with van der Waals surface area (Å²) in [5.41, 5.74) is 4.32. The third kappa shape index (κ3) is 4.84. The van der Waals surface area contributed by atoms with Crippen LogP contribution in [-0.2, 0) is 5.41 Å². The van der Waals surface area contributed by atoms with E-state index < -0.39 is 11.5 Å².